The molecule has 0 atom stereocenters. The third kappa shape index (κ3) is 4.47. The molecule has 5 nitrogen and oxygen atoms in total. The summed E-state index contributed by atoms with van der Waals surface area (Å²) in [7, 11) is 1.63. The number of hydrogen-bond donors (Lipinski definition) is 1. The first kappa shape index (κ1) is 17.3. The molecular formula is C18H26N2O3. The van der Waals surface area contributed by atoms with Gasteiger partial charge in [0.1, 0.15) is 5.75 Å². The Morgan fingerprint density at radius 2 is 2.00 bits per heavy atom. The summed E-state index contributed by atoms with van der Waals surface area (Å²) < 4.78 is 5.23. The largest absolute Gasteiger partial charge is 0.496 e. The van der Waals surface area contributed by atoms with E-state index in [1.165, 1.54) is 0 Å². The van der Waals surface area contributed by atoms with Crippen LogP contribution < -0.4 is 10.1 Å². The summed E-state index contributed by atoms with van der Waals surface area (Å²) in [4.78, 5) is 26.1. The predicted octanol–water partition coefficient (Wildman–Crippen LogP) is 2.98. The number of carbonyl (C=O) groups is 2. The molecule has 0 spiro atoms. The first-order chi connectivity index (χ1) is 11.0. The number of benzene rings is 1. The van der Waals surface area contributed by atoms with Crippen LogP contribution in [0.5, 0.6) is 5.75 Å². The second-order valence-corrected chi connectivity index (χ2v) is 6.08. The molecule has 126 valence electrons. The number of ether oxygens (including phenoxy) is 1. The van der Waals surface area contributed by atoms with Crippen LogP contribution in [0.15, 0.2) is 18.2 Å². The van der Waals surface area contributed by atoms with Gasteiger partial charge in [-0.25, -0.2) is 0 Å². The maximum absolute atomic E-state index is 12.4. The number of methoxy groups -OCH3 is 1. The number of carbonyl (C=O) groups excluding carboxylic acids is 2. The number of amides is 2. The van der Waals surface area contributed by atoms with E-state index in [0.29, 0.717) is 19.5 Å². The molecule has 23 heavy (non-hydrogen) atoms. The van der Waals surface area contributed by atoms with Crippen molar-refractivity contribution < 1.29 is 14.3 Å². The fourth-order valence-electron chi connectivity index (χ4n) is 2.96. The first-order valence-electron chi connectivity index (χ1n) is 8.28. The molecule has 0 radical (unpaired) electrons. The summed E-state index contributed by atoms with van der Waals surface area (Å²) in [6, 6.07) is 5.62. The van der Waals surface area contributed by atoms with Gasteiger partial charge in [0, 0.05) is 31.1 Å². The minimum Gasteiger partial charge on any atom is -0.496 e. The average Bonchev–Trinajstić information content (AvgIpc) is 2.55. The summed E-state index contributed by atoms with van der Waals surface area (Å²) in [5, 5.41) is 2.98. The lowest BCUT2D eigenvalue weighted by atomic mass is 9.95. The maximum atomic E-state index is 12.4. The fourth-order valence-corrected chi connectivity index (χ4v) is 2.96. The van der Waals surface area contributed by atoms with Crippen molar-refractivity contribution in [3.8, 4) is 5.75 Å². The van der Waals surface area contributed by atoms with E-state index in [4.69, 9.17) is 4.74 Å². The second-order valence-electron chi connectivity index (χ2n) is 6.08. The highest BCUT2D eigenvalue weighted by Gasteiger charge is 2.27. The molecule has 0 saturated carbocycles. The van der Waals surface area contributed by atoms with Gasteiger partial charge in [0.25, 0.3) is 0 Å². The van der Waals surface area contributed by atoms with Gasteiger partial charge in [0.15, 0.2) is 0 Å². The molecule has 1 aliphatic heterocycles. The molecule has 0 aliphatic carbocycles. The molecule has 0 aromatic heterocycles. The van der Waals surface area contributed by atoms with Crippen LogP contribution in [0, 0.1) is 12.8 Å². The van der Waals surface area contributed by atoms with E-state index in [-0.39, 0.29) is 17.7 Å². The number of nitrogens with one attached hydrogen (secondary N) is 1. The summed E-state index contributed by atoms with van der Waals surface area (Å²) in [5.41, 5.74) is 1.78. The Morgan fingerprint density at radius 3 is 2.57 bits per heavy atom. The van der Waals surface area contributed by atoms with Crippen molar-refractivity contribution in [1.82, 2.24) is 4.90 Å². The third-order valence-electron chi connectivity index (χ3n) is 4.34. The van der Waals surface area contributed by atoms with Gasteiger partial charge in [-0.3, -0.25) is 9.59 Å². The molecule has 1 aromatic rings. The van der Waals surface area contributed by atoms with Crippen molar-refractivity contribution in [1.29, 1.82) is 0 Å². The Labute approximate surface area is 138 Å². The van der Waals surface area contributed by atoms with Crippen LogP contribution in [-0.2, 0) is 9.59 Å². The van der Waals surface area contributed by atoms with Gasteiger partial charge in [-0.2, -0.15) is 0 Å². The zero-order chi connectivity index (χ0) is 16.8. The second kappa shape index (κ2) is 7.99. The highest BCUT2D eigenvalue weighted by atomic mass is 16.5. The molecule has 2 amide bonds. The molecule has 1 N–H and O–H groups in total. The SMILES string of the molecule is CCCC(=O)N1CCC(C(=O)Nc2ccc(OC)c(C)c2)CC1. The normalized spacial score (nSPS) is 15.3. The number of piperidine rings is 1. The Hall–Kier alpha value is -2.04. The van der Waals surface area contributed by atoms with Crippen molar-refractivity contribution in [3.63, 3.8) is 0 Å². The Morgan fingerprint density at radius 1 is 1.30 bits per heavy atom. The smallest absolute Gasteiger partial charge is 0.227 e. The van der Waals surface area contributed by atoms with E-state index in [9.17, 15) is 9.59 Å². The maximum Gasteiger partial charge on any atom is 0.227 e. The van der Waals surface area contributed by atoms with Crippen LogP contribution in [0.25, 0.3) is 0 Å². The number of aryl methyl sites for hydroxylation is 1. The van der Waals surface area contributed by atoms with Crippen molar-refractivity contribution >= 4 is 17.5 Å². The average molecular weight is 318 g/mol. The van der Waals surface area contributed by atoms with E-state index in [1.54, 1.807) is 7.11 Å². The van der Waals surface area contributed by atoms with E-state index in [1.807, 2.05) is 36.9 Å². The van der Waals surface area contributed by atoms with Crippen LogP contribution in [-0.4, -0.2) is 36.9 Å². The highest BCUT2D eigenvalue weighted by Crippen LogP contribution is 2.24. The molecule has 1 saturated heterocycles. The van der Waals surface area contributed by atoms with Crippen LogP contribution in [0.2, 0.25) is 0 Å². The van der Waals surface area contributed by atoms with Crippen molar-refractivity contribution in [2.24, 2.45) is 5.92 Å². The topological polar surface area (TPSA) is 58.6 Å². The number of hydrogen-bond acceptors (Lipinski definition) is 3. The quantitative estimate of drug-likeness (QED) is 0.908. The van der Waals surface area contributed by atoms with Crippen molar-refractivity contribution in [2.75, 3.05) is 25.5 Å². The minimum absolute atomic E-state index is 0.0249. The molecule has 1 fully saturated rings. The summed E-state index contributed by atoms with van der Waals surface area (Å²) in [6.45, 7) is 5.32. The van der Waals surface area contributed by atoms with Gasteiger partial charge in [-0.1, -0.05) is 6.92 Å². The zero-order valence-corrected chi connectivity index (χ0v) is 14.2. The minimum atomic E-state index is -0.0249. The van der Waals surface area contributed by atoms with Crippen LogP contribution in [0.4, 0.5) is 5.69 Å². The first-order valence-corrected chi connectivity index (χ1v) is 8.28. The highest BCUT2D eigenvalue weighted by molar-refractivity contribution is 5.93. The number of anilines is 1. The summed E-state index contributed by atoms with van der Waals surface area (Å²) in [5.74, 6) is 1.03. The Balaban J connectivity index is 1.88. The molecule has 0 unspecified atom stereocenters. The van der Waals surface area contributed by atoms with Gasteiger partial charge >= 0.3 is 0 Å². The molecule has 0 bridgehead atoms. The van der Waals surface area contributed by atoms with Crippen LogP contribution in [0.3, 0.4) is 0 Å². The third-order valence-corrected chi connectivity index (χ3v) is 4.34. The fraction of sp³-hybridized carbons (Fsp3) is 0.556. The molecule has 1 heterocycles. The molecule has 5 heteroatoms. The van der Waals surface area contributed by atoms with E-state index in [0.717, 1.165) is 36.3 Å². The van der Waals surface area contributed by atoms with Crippen molar-refractivity contribution in [3.05, 3.63) is 23.8 Å². The summed E-state index contributed by atoms with van der Waals surface area (Å²) in [6.07, 6.45) is 2.94. The van der Waals surface area contributed by atoms with E-state index >= 15 is 0 Å². The molecule has 2 rings (SSSR count). The Bertz CT molecular complexity index is 563. The monoisotopic (exact) mass is 318 g/mol. The summed E-state index contributed by atoms with van der Waals surface area (Å²) >= 11 is 0. The standard InChI is InChI=1S/C18H26N2O3/c1-4-5-17(21)20-10-8-14(9-11-20)18(22)19-15-6-7-16(23-3)13(2)12-15/h6-7,12,14H,4-5,8-11H2,1-3H3,(H,19,22). The van der Waals surface area contributed by atoms with E-state index < -0.39 is 0 Å². The van der Waals surface area contributed by atoms with Crippen LogP contribution >= 0.6 is 0 Å². The molecule has 1 aromatic carbocycles. The van der Waals surface area contributed by atoms with Gasteiger partial charge in [0.2, 0.25) is 11.8 Å². The van der Waals surface area contributed by atoms with Gasteiger partial charge in [-0.15, -0.1) is 0 Å². The lowest BCUT2D eigenvalue weighted by molar-refractivity contribution is -0.134. The number of likely N-dealkylation sites (tertiary alicyclic amines) is 1. The number of nitrogens with zero attached hydrogens (tertiary/aromatic N) is 1. The predicted molar refractivity (Wildman–Crippen MR) is 90.6 cm³/mol. The lowest BCUT2D eigenvalue weighted by Crippen LogP contribution is -2.41. The molecule has 1 aliphatic rings. The Kier molecular flexibility index (Phi) is 6.02. The van der Waals surface area contributed by atoms with Gasteiger partial charge in [0.05, 0.1) is 7.11 Å². The molecular weight excluding hydrogens is 292 g/mol. The lowest BCUT2D eigenvalue weighted by Gasteiger charge is -2.31. The number of rotatable bonds is 5. The van der Waals surface area contributed by atoms with Gasteiger partial charge in [-0.05, 0) is 49.9 Å². The van der Waals surface area contributed by atoms with Crippen LogP contribution in [0.1, 0.15) is 38.2 Å². The van der Waals surface area contributed by atoms with Crippen molar-refractivity contribution in [2.45, 2.75) is 39.5 Å². The van der Waals surface area contributed by atoms with Gasteiger partial charge < -0.3 is 15.0 Å². The zero-order valence-electron chi connectivity index (χ0n) is 14.2. The van der Waals surface area contributed by atoms with E-state index in [2.05, 4.69) is 5.32 Å².